The van der Waals surface area contributed by atoms with Crippen LogP contribution >= 0.6 is 11.8 Å². The van der Waals surface area contributed by atoms with Crippen molar-refractivity contribution in [3.8, 4) is 0 Å². The first kappa shape index (κ1) is 10.1. The van der Waals surface area contributed by atoms with Crippen LogP contribution in [0.2, 0.25) is 0 Å². The molecule has 1 aliphatic heterocycles. The van der Waals surface area contributed by atoms with E-state index in [4.69, 9.17) is 0 Å². The predicted molar refractivity (Wildman–Crippen MR) is 53.6 cm³/mol. The van der Waals surface area contributed by atoms with Gasteiger partial charge in [-0.2, -0.15) is 11.8 Å². The summed E-state index contributed by atoms with van der Waals surface area (Å²) in [5, 5.41) is 0.665. The summed E-state index contributed by atoms with van der Waals surface area (Å²) in [7, 11) is 0. The number of hydrogen-bond acceptors (Lipinski definition) is 3. The van der Waals surface area contributed by atoms with E-state index in [0.717, 1.165) is 6.54 Å². The summed E-state index contributed by atoms with van der Waals surface area (Å²) in [5.41, 5.74) is 0. The summed E-state index contributed by atoms with van der Waals surface area (Å²) in [6.07, 6.45) is 0. The molecule has 1 heterocycles. The minimum atomic E-state index is 0.279. The normalized spacial score (nSPS) is 31.9. The van der Waals surface area contributed by atoms with Crippen molar-refractivity contribution in [2.75, 3.05) is 18.8 Å². The Morgan fingerprint density at radius 2 is 2.25 bits per heavy atom. The van der Waals surface area contributed by atoms with Crippen LogP contribution in [-0.4, -0.2) is 40.8 Å². The minimum Gasteiger partial charge on any atom is -0.299 e. The quantitative estimate of drug-likeness (QED) is 0.652. The summed E-state index contributed by atoms with van der Waals surface area (Å²) in [4.78, 5) is 13.2. The van der Waals surface area contributed by atoms with Crippen LogP contribution in [0.4, 0.5) is 0 Å². The van der Waals surface area contributed by atoms with E-state index in [-0.39, 0.29) is 5.78 Å². The summed E-state index contributed by atoms with van der Waals surface area (Å²) in [5.74, 6) is 1.44. The van der Waals surface area contributed by atoms with Gasteiger partial charge in [-0.25, -0.2) is 0 Å². The molecule has 0 bridgehead atoms. The SMILES string of the molecule is CC(=O)CN1CCSC(C)C1C. The zero-order valence-electron chi connectivity index (χ0n) is 8.04. The van der Waals surface area contributed by atoms with Gasteiger partial charge in [-0.05, 0) is 13.8 Å². The molecular weight excluding hydrogens is 170 g/mol. The van der Waals surface area contributed by atoms with Gasteiger partial charge in [-0.3, -0.25) is 9.69 Å². The molecule has 0 aromatic rings. The van der Waals surface area contributed by atoms with E-state index < -0.39 is 0 Å². The fourth-order valence-electron chi connectivity index (χ4n) is 1.50. The average molecular weight is 187 g/mol. The maximum absolute atomic E-state index is 10.9. The van der Waals surface area contributed by atoms with Crippen molar-refractivity contribution in [2.24, 2.45) is 0 Å². The van der Waals surface area contributed by atoms with E-state index in [1.54, 1.807) is 6.92 Å². The lowest BCUT2D eigenvalue weighted by Crippen LogP contribution is -2.46. The first-order valence-electron chi connectivity index (χ1n) is 4.46. The van der Waals surface area contributed by atoms with Gasteiger partial charge >= 0.3 is 0 Å². The van der Waals surface area contributed by atoms with Crippen molar-refractivity contribution >= 4 is 17.5 Å². The summed E-state index contributed by atoms with van der Waals surface area (Å²) in [6.45, 7) is 7.81. The van der Waals surface area contributed by atoms with Crippen molar-refractivity contribution in [3.63, 3.8) is 0 Å². The predicted octanol–water partition coefficient (Wildman–Crippen LogP) is 1.40. The van der Waals surface area contributed by atoms with E-state index in [2.05, 4.69) is 18.7 Å². The Kier molecular flexibility index (Phi) is 3.59. The highest BCUT2D eigenvalue weighted by Crippen LogP contribution is 2.23. The second-order valence-electron chi connectivity index (χ2n) is 3.49. The number of thioether (sulfide) groups is 1. The molecular formula is C9H17NOS. The lowest BCUT2D eigenvalue weighted by Gasteiger charge is -2.36. The van der Waals surface area contributed by atoms with Gasteiger partial charge in [-0.15, -0.1) is 0 Å². The highest BCUT2D eigenvalue weighted by atomic mass is 32.2. The van der Waals surface area contributed by atoms with Crippen molar-refractivity contribution in [1.82, 2.24) is 4.90 Å². The maximum atomic E-state index is 10.9. The lowest BCUT2D eigenvalue weighted by atomic mass is 10.2. The number of ketones is 1. The van der Waals surface area contributed by atoms with Gasteiger partial charge in [0.15, 0.2) is 0 Å². The van der Waals surface area contributed by atoms with E-state index in [1.807, 2.05) is 11.8 Å². The zero-order chi connectivity index (χ0) is 9.14. The van der Waals surface area contributed by atoms with E-state index in [9.17, 15) is 4.79 Å². The largest absolute Gasteiger partial charge is 0.299 e. The molecule has 2 atom stereocenters. The second-order valence-corrected chi connectivity index (χ2v) is 4.97. The Morgan fingerprint density at radius 3 is 2.83 bits per heavy atom. The monoisotopic (exact) mass is 187 g/mol. The van der Waals surface area contributed by atoms with Gasteiger partial charge in [0.1, 0.15) is 5.78 Å². The van der Waals surface area contributed by atoms with Crippen LogP contribution in [0.5, 0.6) is 0 Å². The first-order chi connectivity index (χ1) is 5.61. The van der Waals surface area contributed by atoms with Crippen LogP contribution in [0.1, 0.15) is 20.8 Å². The number of Topliss-reactive ketones (excluding diaryl/α,β-unsaturated/α-hetero) is 1. The van der Waals surface area contributed by atoms with Gasteiger partial charge in [0.05, 0.1) is 6.54 Å². The molecule has 0 aromatic heterocycles. The molecule has 1 aliphatic rings. The van der Waals surface area contributed by atoms with Crippen LogP contribution < -0.4 is 0 Å². The summed E-state index contributed by atoms with van der Waals surface area (Å²) >= 11 is 2.00. The fourth-order valence-corrected chi connectivity index (χ4v) is 2.67. The Labute approximate surface area is 78.7 Å². The van der Waals surface area contributed by atoms with Gasteiger partial charge in [0.25, 0.3) is 0 Å². The van der Waals surface area contributed by atoms with Gasteiger partial charge in [0.2, 0.25) is 0 Å². The van der Waals surface area contributed by atoms with Crippen LogP contribution in [0.15, 0.2) is 0 Å². The highest BCUT2D eigenvalue weighted by molar-refractivity contribution is 8.00. The molecule has 1 saturated heterocycles. The smallest absolute Gasteiger partial charge is 0.143 e. The van der Waals surface area contributed by atoms with Crippen LogP contribution in [0, 0.1) is 0 Å². The van der Waals surface area contributed by atoms with Crippen molar-refractivity contribution in [2.45, 2.75) is 32.1 Å². The third-order valence-corrected chi connectivity index (χ3v) is 3.78. The molecule has 3 heteroatoms. The molecule has 1 rings (SSSR count). The van der Waals surface area contributed by atoms with Crippen molar-refractivity contribution < 1.29 is 4.79 Å². The number of hydrogen-bond donors (Lipinski definition) is 0. The second kappa shape index (κ2) is 4.28. The van der Waals surface area contributed by atoms with Crippen LogP contribution in [0.3, 0.4) is 0 Å². The molecule has 0 spiro atoms. The highest BCUT2D eigenvalue weighted by Gasteiger charge is 2.25. The van der Waals surface area contributed by atoms with E-state index >= 15 is 0 Å². The number of carbonyl (C=O) groups excluding carboxylic acids is 1. The Bertz CT molecular complexity index is 172. The molecule has 2 unspecified atom stereocenters. The molecule has 0 radical (unpaired) electrons. The molecule has 0 amide bonds. The van der Waals surface area contributed by atoms with Crippen molar-refractivity contribution in [3.05, 3.63) is 0 Å². The number of rotatable bonds is 2. The summed E-state index contributed by atoms with van der Waals surface area (Å²) in [6, 6.07) is 0.549. The number of nitrogens with zero attached hydrogens (tertiary/aromatic N) is 1. The first-order valence-corrected chi connectivity index (χ1v) is 5.51. The van der Waals surface area contributed by atoms with Gasteiger partial charge in [-0.1, -0.05) is 6.92 Å². The Balaban J connectivity index is 2.46. The van der Waals surface area contributed by atoms with Crippen LogP contribution in [0.25, 0.3) is 0 Å². The molecule has 1 fully saturated rings. The van der Waals surface area contributed by atoms with Gasteiger partial charge < -0.3 is 0 Å². The maximum Gasteiger partial charge on any atom is 0.143 e. The van der Waals surface area contributed by atoms with Gasteiger partial charge in [0, 0.05) is 23.6 Å². The lowest BCUT2D eigenvalue weighted by molar-refractivity contribution is -0.118. The molecule has 70 valence electrons. The minimum absolute atomic E-state index is 0.279. The summed E-state index contributed by atoms with van der Waals surface area (Å²) < 4.78 is 0. The topological polar surface area (TPSA) is 20.3 Å². The Hall–Kier alpha value is -0.0200. The van der Waals surface area contributed by atoms with E-state index in [1.165, 1.54) is 5.75 Å². The Morgan fingerprint density at radius 1 is 1.58 bits per heavy atom. The zero-order valence-corrected chi connectivity index (χ0v) is 8.86. The third kappa shape index (κ3) is 2.49. The van der Waals surface area contributed by atoms with Crippen molar-refractivity contribution in [1.29, 1.82) is 0 Å². The molecule has 0 saturated carbocycles. The van der Waals surface area contributed by atoms with E-state index in [0.29, 0.717) is 17.8 Å². The molecule has 12 heavy (non-hydrogen) atoms. The fraction of sp³-hybridized carbons (Fsp3) is 0.889. The number of carbonyl (C=O) groups is 1. The molecule has 0 aromatic carbocycles. The molecule has 0 aliphatic carbocycles. The van der Waals surface area contributed by atoms with Crippen LogP contribution in [-0.2, 0) is 4.79 Å². The standard InChI is InChI=1S/C9H17NOS/c1-7(11)6-10-4-5-12-9(3)8(10)2/h8-9H,4-6H2,1-3H3. The molecule has 0 N–H and O–H groups in total. The average Bonchev–Trinajstić information content (AvgIpc) is 1.98. The third-order valence-electron chi connectivity index (χ3n) is 2.44. The molecule has 2 nitrogen and oxygen atoms in total.